The molecule has 0 bridgehead atoms. The van der Waals surface area contributed by atoms with Crippen molar-refractivity contribution < 1.29 is 0 Å². The van der Waals surface area contributed by atoms with Gasteiger partial charge in [0.2, 0.25) is 0 Å². The maximum Gasteiger partial charge on any atom is 0.191 e. The number of hydrogen-bond donors (Lipinski definition) is 2. The van der Waals surface area contributed by atoms with Crippen LogP contribution >= 0.6 is 11.8 Å². The van der Waals surface area contributed by atoms with Gasteiger partial charge in [0.25, 0.3) is 0 Å². The number of thioether (sulfide) groups is 1. The van der Waals surface area contributed by atoms with E-state index in [0.29, 0.717) is 0 Å². The molecule has 1 aliphatic heterocycles. The van der Waals surface area contributed by atoms with Crippen molar-refractivity contribution >= 4 is 45.9 Å². The normalized spacial score (nSPS) is 14.3. The van der Waals surface area contributed by atoms with E-state index in [4.69, 9.17) is 4.98 Å². The van der Waals surface area contributed by atoms with E-state index in [1.54, 1.807) is 18.1 Å². The molecule has 0 amide bonds. The van der Waals surface area contributed by atoms with E-state index >= 15 is 0 Å². The molecule has 0 radical (unpaired) electrons. The monoisotopic (exact) mass is 418 g/mol. The van der Waals surface area contributed by atoms with Gasteiger partial charge >= 0.3 is 0 Å². The van der Waals surface area contributed by atoms with Crippen LogP contribution < -0.4 is 15.1 Å². The second-order valence-corrected chi connectivity index (χ2v) is 7.79. The first kappa shape index (κ1) is 18.7. The van der Waals surface area contributed by atoms with Crippen molar-refractivity contribution in [2.75, 3.05) is 47.6 Å². The first-order valence-corrected chi connectivity index (χ1v) is 11.1. The largest absolute Gasteiger partial charge is 0.353 e. The molecule has 0 saturated carbocycles. The van der Waals surface area contributed by atoms with E-state index in [0.717, 1.165) is 65.5 Å². The van der Waals surface area contributed by atoms with Crippen molar-refractivity contribution in [2.45, 2.75) is 5.16 Å². The Morgan fingerprint density at radius 1 is 0.933 bits per heavy atom. The zero-order valence-corrected chi connectivity index (χ0v) is 17.4. The van der Waals surface area contributed by atoms with Crippen LogP contribution in [0.15, 0.2) is 60.1 Å². The molecule has 1 aromatic carbocycles. The van der Waals surface area contributed by atoms with Crippen molar-refractivity contribution in [3.63, 3.8) is 0 Å². The molecule has 0 unspecified atom stereocenters. The summed E-state index contributed by atoms with van der Waals surface area (Å²) in [6.07, 6.45) is 5.54. The van der Waals surface area contributed by atoms with Gasteiger partial charge in [0, 0.05) is 44.1 Å². The fourth-order valence-corrected chi connectivity index (χ4v) is 3.97. The third-order valence-electron chi connectivity index (χ3n) is 5.14. The number of aromatic nitrogens is 5. The van der Waals surface area contributed by atoms with Gasteiger partial charge in [0.15, 0.2) is 5.16 Å². The summed E-state index contributed by atoms with van der Waals surface area (Å²) >= 11 is 1.55. The Hall–Kier alpha value is -3.33. The second-order valence-electron chi connectivity index (χ2n) is 7.02. The van der Waals surface area contributed by atoms with Gasteiger partial charge in [-0.15, -0.1) is 0 Å². The highest BCUT2D eigenvalue weighted by Crippen LogP contribution is 2.25. The highest BCUT2D eigenvalue weighted by atomic mass is 32.2. The fraction of sp³-hybridized carbons (Fsp3) is 0.238. The topological polar surface area (TPSA) is 85.9 Å². The Morgan fingerprint density at radius 2 is 1.77 bits per heavy atom. The Bertz CT molecular complexity index is 1140. The zero-order valence-electron chi connectivity index (χ0n) is 16.6. The summed E-state index contributed by atoms with van der Waals surface area (Å²) in [5.41, 5.74) is 2.90. The number of fused-ring (bicyclic) bond motifs is 1. The third kappa shape index (κ3) is 3.88. The Labute approximate surface area is 178 Å². The van der Waals surface area contributed by atoms with Gasteiger partial charge in [0.05, 0.1) is 17.4 Å². The molecule has 30 heavy (non-hydrogen) atoms. The molecule has 9 heteroatoms. The molecule has 1 aliphatic rings. The standard InChI is InChI=1S/C21H22N8S/c1-30-21-26-18(25-15-5-6-16-17(12-15)24-14-23-16)13-20(27-21)29-10-8-28(9-11-29)19-4-2-3-7-22-19/h2-7,12-14H,8-11H2,1H3,(H,23,24)(H,25,26,27). The van der Waals surface area contributed by atoms with Gasteiger partial charge in [-0.3, -0.25) is 0 Å². The van der Waals surface area contributed by atoms with Crippen molar-refractivity contribution in [2.24, 2.45) is 0 Å². The lowest BCUT2D eigenvalue weighted by Crippen LogP contribution is -2.47. The second kappa shape index (κ2) is 8.19. The summed E-state index contributed by atoms with van der Waals surface area (Å²) in [4.78, 5) is 25.9. The molecule has 2 N–H and O–H groups in total. The smallest absolute Gasteiger partial charge is 0.191 e. The average molecular weight is 419 g/mol. The number of anilines is 4. The van der Waals surface area contributed by atoms with Gasteiger partial charge in [-0.1, -0.05) is 17.8 Å². The fourth-order valence-electron chi connectivity index (χ4n) is 3.60. The Balaban J connectivity index is 1.34. The number of nitrogens with one attached hydrogen (secondary N) is 2. The van der Waals surface area contributed by atoms with Gasteiger partial charge < -0.3 is 20.1 Å². The lowest BCUT2D eigenvalue weighted by atomic mass is 10.2. The number of pyridine rings is 1. The first-order chi connectivity index (χ1) is 14.8. The molecule has 8 nitrogen and oxygen atoms in total. The third-order valence-corrected chi connectivity index (χ3v) is 5.69. The molecule has 152 valence electrons. The van der Waals surface area contributed by atoms with Crippen molar-refractivity contribution in [1.29, 1.82) is 0 Å². The molecule has 4 aromatic rings. The predicted octanol–water partition coefficient (Wildman–Crippen LogP) is 3.54. The Morgan fingerprint density at radius 3 is 2.53 bits per heavy atom. The quantitative estimate of drug-likeness (QED) is 0.376. The van der Waals surface area contributed by atoms with Crippen LogP contribution in [0.5, 0.6) is 0 Å². The van der Waals surface area contributed by atoms with E-state index in [9.17, 15) is 0 Å². The van der Waals surface area contributed by atoms with E-state index in [-0.39, 0.29) is 0 Å². The number of benzene rings is 1. The molecule has 3 aromatic heterocycles. The van der Waals surface area contributed by atoms with Crippen LogP contribution in [0.1, 0.15) is 0 Å². The van der Waals surface area contributed by atoms with Crippen LogP contribution in [0.2, 0.25) is 0 Å². The summed E-state index contributed by atoms with van der Waals surface area (Å²) in [6, 6.07) is 14.1. The number of nitrogens with zero attached hydrogens (tertiary/aromatic N) is 6. The minimum absolute atomic E-state index is 0.754. The molecule has 0 atom stereocenters. The number of hydrogen-bond acceptors (Lipinski definition) is 8. The van der Waals surface area contributed by atoms with E-state index < -0.39 is 0 Å². The summed E-state index contributed by atoms with van der Waals surface area (Å²) in [5, 5.41) is 4.17. The maximum atomic E-state index is 4.74. The highest BCUT2D eigenvalue weighted by molar-refractivity contribution is 7.98. The summed E-state index contributed by atoms with van der Waals surface area (Å²) in [5.74, 6) is 2.76. The number of aromatic amines is 1. The molecule has 0 aliphatic carbocycles. The minimum Gasteiger partial charge on any atom is -0.353 e. The van der Waals surface area contributed by atoms with Crippen LogP contribution in [0.4, 0.5) is 23.1 Å². The molecule has 1 fully saturated rings. The van der Waals surface area contributed by atoms with E-state index in [2.05, 4.69) is 41.1 Å². The van der Waals surface area contributed by atoms with Crippen molar-refractivity contribution in [3.05, 3.63) is 55.0 Å². The van der Waals surface area contributed by atoms with Crippen molar-refractivity contribution in [1.82, 2.24) is 24.9 Å². The summed E-state index contributed by atoms with van der Waals surface area (Å²) < 4.78 is 0. The Kier molecular flexibility index (Phi) is 5.10. The number of piperazine rings is 1. The van der Waals surface area contributed by atoms with E-state index in [1.165, 1.54) is 0 Å². The lowest BCUT2D eigenvalue weighted by Gasteiger charge is -2.36. The molecular weight excluding hydrogens is 396 g/mol. The van der Waals surface area contributed by atoms with Gasteiger partial charge in [0.1, 0.15) is 17.5 Å². The molecule has 4 heterocycles. The van der Waals surface area contributed by atoms with Crippen LogP contribution in [-0.2, 0) is 0 Å². The lowest BCUT2D eigenvalue weighted by molar-refractivity contribution is 0.638. The summed E-state index contributed by atoms with van der Waals surface area (Å²) in [7, 11) is 0. The molecule has 5 rings (SSSR count). The number of rotatable bonds is 5. The first-order valence-electron chi connectivity index (χ1n) is 9.83. The SMILES string of the molecule is CSc1nc(Nc2ccc3nc[nH]c3c2)cc(N2CCN(c3ccccn3)CC2)n1. The van der Waals surface area contributed by atoms with Gasteiger partial charge in [-0.25, -0.2) is 19.9 Å². The predicted molar refractivity (Wildman–Crippen MR) is 122 cm³/mol. The molecule has 1 saturated heterocycles. The number of H-pyrrole nitrogens is 1. The average Bonchev–Trinajstić information content (AvgIpc) is 3.27. The maximum absolute atomic E-state index is 4.74. The van der Waals surface area contributed by atoms with Crippen molar-refractivity contribution in [3.8, 4) is 0 Å². The summed E-state index contributed by atoms with van der Waals surface area (Å²) in [6.45, 7) is 3.60. The van der Waals surface area contributed by atoms with Crippen LogP contribution in [-0.4, -0.2) is 57.4 Å². The van der Waals surface area contributed by atoms with Crippen LogP contribution in [0, 0.1) is 0 Å². The number of imidazole rings is 1. The minimum atomic E-state index is 0.754. The molecular formula is C21H22N8S. The molecule has 0 spiro atoms. The van der Waals surface area contributed by atoms with Gasteiger partial charge in [-0.05, 0) is 36.6 Å². The van der Waals surface area contributed by atoms with Crippen LogP contribution in [0.3, 0.4) is 0 Å². The van der Waals surface area contributed by atoms with Crippen LogP contribution in [0.25, 0.3) is 11.0 Å². The van der Waals surface area contributed by atoms with E-state index in [1.807, 2.05) is 48.9 Å². The van der Waals surface area contributed by atoms with Gasteiger partial charge in [-0.2, -0.15) is 0 Å². The zero-order chi connectivity index (χ0) is 20.3. The highest BCUT2D eigenvalue weighted by Gasteiger charge is 2.20.